The van der Waals surface area contributed by atoms with Crippen molar-refractivity contribution in [1.29, 1.82) is 0 Å². The van der Waals surface area contributed by atoms with E-state index < -0.39 is 6.04 Å². The third-order valence-electron chi connectivity index (χ3n) is 5.47. The topological polar surface area (TPSA) is 85.4 Å². The Morgan fingerprint density at radius 1 is 0.886 bits per heavy atom. The van der Waals surface area contributed by atoms with E-state index in [1.165, 1.54) is 11.3 Å². The minimum absolute atomic E-state index is 0.170. The molecule has 35 heavy (non-hydrogen) atoms. The summed E-state index contributed by atoms with van der Waals surface area (Å²) in [6.45, 7) is 5.88. The highest BCUT2D eigenvalue weighted by molar-refractivity contribution is 7.16. The number of amides is 1. The van der Waals surface area contributed by atoms with E-state index in [-0.39, 0.29) is 5.91 Å². The van der Waals surface area contributed by atoms with Crippen molar-refractivity contribution in [3.8, 4) is 11.5 Å². The summed E-state index contributed by atoms with van der Waals surface area (Å²) < 4.78 is 11.1. The Morgan fingerprint density at radius 2 is 1.60 bits per heavy atom. The molecule has 0 aliphatic carbocycles. The molecule has 8 heteroatoms. The molecule has 4 rings (SSSR count). The summed E-state index contributed by atoms with van der Waals surface area (Å²) in [7, 11) is 3.24. The van der Waals surface area contributed by atoms with Crippen LogP contribution in [0.3, 0.4) is 0 Å². The summed E-state index contributed by atoms with van der Waals surface area (Å²) in [5.74, 6) is 1.66. The molecule has 0 spiro atoms. The third-order valence-corrected chi connectivity index (χ3v) is 6.45. The highest BCUT2D eigenvalue weighted by Crippen LogP contribution is 2.41. The zero-order valence-corrected chi connectivity index (χ0v) is 21.2. The van der Waals surface area contributed by atoms with Crippen molar-refractivity contribution in [2.24, 2.45) is 0 Å². The lowest BCUT2D eigenvalue weighted by atomic mass is 9.98. The lowest BCUT2D eigenvalue weighted by Gasteiger charge is -2.23. The number of hydrogen-bond donors (Lipinski definition) is 2. The van der Waals surface area contributed by atoms with Crippen LogP contribution in [-0.2, 0) is 0 Å². The fraction of sp³-hybridized carbons (Fsp3) is 0.222. The van der Waals surface area contributed by atoms with Gasteiger partial charge in [0.2, 0.25) is 5.95 Å². The van der Waals surface area contributed by atoms with E-state index in [0.717, 1.165) is 32.4 Å². The summed E-state index contributed by atoms with van der Waals surface area (Å²) in [5, 5.41) is 7.33. The van der Waals surface area contributed by atoms with Crippen LogP contribution in [0.25, 0.3) is 0 Å². The van der Waals surface area contributed by atoms with Crippen LogP contribution in [-0.4, -0.2) is 30.1 Å². The summed E-state index contributed by atoms with van der Waals surface area (Å²) in [6.07, 6.45) is 0. The highest BCUT2D eigenvalue weighted by atomic mass is 32.1. The molecule has 2 aromatic heterocycles. The molecule has 0 aliphatic rings. The van der Waals surface area contributed by atoms with Crippen molar-refractivity contribution >= 4 is 28.2 Å². The fourth-order valence-electron chi connectivity index (χ4n) is 3.91. The number of ether oxygens (including phenoxy) is 2. The van der Waals surface area contributed by atoms with Gasteiger partial charge in [0, 0.05) is 39.0 Å². The quantitative estimate of drug-likeness (QED) is 0.320. The largest absolute Gasteiger partial charge is 0.497 e. The molecular weight excluding hydrogens is 460 g/mol. The van der Waals surface area contributed by atoms with Crippen LogP contribution in [0.1, 0.15) is 43.8 Å². The van der Waals surface area contributed by atoms with Crippen molar-refractivity contribution in [2.45, 2.75) is 26.8 Å². The van der Waals surface area contributed by atoms with Crippen LogP contribution < -0.4 is 20.1 Å². The maximum atomic E-state index is 13.0. The minimum Gasteiger partial charge on any atom is -0.497 e. The van der Waals surface area contributed by atoms with Gasteiger partial charge in [-0.05, 0) is 57.2 Å². The van der Waals surface area contributed by atoms with Gasteiger partial charge in [-0.3, -0.25) is 4.79 Å². The molecule has 0 radical (unpaired) electrons. The number of aromatic nitrogens is 2. The van der Waals surface area contributed by atoms with Gasteiger partial charge in [-0.15, -0.1) is 11.3 Å². The number of anilines is 2. The van der Waals surface area contributed by atoms with Gasteiger partial charge in [0.1, 0.15) is 16.5 Å². The average Bonchev–Trinajstić information content (AvgIpc) is 3.21. The lowest BCUT2D eigenvalue weighted by Crippen LogP contribution is -2.18. The van der Waals surface area contributed by atoms with E-state index in [1.807, 2.05) is 63.2 Å². The van der Waals surface area contributed by atoms with E-state index in [2.05, 4.69) is 26.7 Å². The smallest absolute Gasteiger partial charge is 0.256 e. The van der Waals surface area contributed by atoms with Gasteiger partial charge in [0.25, 0.3) is 5.91 Å². The molecule has 1 atom stereocenters. The molecule has 1 amide bonds. The first-order valence-electron chi connectivity index (χ1n) is 11.2. The van der Waals surface area contributed by atoms with Gasteiger partial charge in [-0.25, -0.2) is 9.97 Å². The minimum atomic E-state index is -0.395. The average molecular weight is 489 g/mol. The lowest BCUT2D eigenvalue weighted by molar-refractivity contribution is 0.102. The number of nitrogens with zero attached hydrogens (tertiary/aromatic N) is 2. The van der Waals surface area contributed by atoms with Gasteiger partial charge in [0.05, 0.1) is 20.3 Å². The van der Waals surface area contributed by atoms with E-state index in [1.54, 1.807) is 26.4 Å². The Hall–Kier alpha value is -3.91. The Balaban J connectivity index is 1.81. The van der Waals surface area contributed by atoms with Crippen LogP contribution in [0.4, 0.5) is 10.9 Å². The monoisotopic (exact) mass is 488 g/mol. The second-order valence-electron chi connectivity index (χ2n) is 8.12. The normalized spacial score (nSPS) is 11.6. The molecule has 180 valence electrons. The van der Waals surface area contributed by atoms with Crippen molar-refractivity contribution < 1.29 is 14.3 Å². The van der Waals surface area contributed by atoms with Gasteiger partial charge in [-0.1, -0.05) is 18.2 Å². The van der Waals surface area contributed by atoms with Gasteiger partial charge in [-0.2, -0.15) is 0 Å². The molecule has 4 aromatic rings. The van der Waals surface area contributed by atoms with E-state index in [9.17, 15) is 4.79 Å². The Labute approximate surface area is 209 Å². The summed E-state index contributed by atoms with van der Waals surface area (Å²) in [5.41, 5.74) is 4.07. The van der Waals surface area contributed by atoms with E-state index >= 15 is 0 Å². The molecule has 0 saturated heterocycles. The summed E-state index contributed by atoms with van der Waals surface area (Å²) in [4.78, 5) is 23.2. The number of thiophene rings is 1. The molecule has 0 saturated carbocycles. The molecule has 0 unspecified atom stereocenters. The maximum absolute atomic E-state index is 13.0. The standard InChI is InChI=1S/C27H28N4O3S/c1-16-13-17(2)29-27(28-16)30-24(21-12-11-20(33-4)15-23(21)34-5)22-14-18(3)35-26(22)31-25(32)19-9-7-6-8-10-19/h6-15,24H,1-5H3,(H,31,32)(H,28,29,30)/t24-/m0/s1. The van der Waals surface area contributed by atoms with Crippen molar-refractivity contribution in [1.82, 2.24) is 9.97 Å². The second kappa shape index (κ2) is 10.6. The van der Waals surface area contributed by atoms with Crippen molar-refractivity contribution in [2.75, 3.05) is 24.9 Å². The van der Waals surface area contributed by atoms with E-state index in [0.29, 0.717) is 23.0 Å². The second-order valence-corrected chi connectivity index (χ2v) is 9.38. The number of benzene rings is 2. The molecule has 2 heterocycles. The van der Waals surface area contributed by atoms with Crippen molar-refractivity contribution in [3.63, 3.8) is 0 Å². The Bertz CT molecular complexity index is 1320. The number of hydrogen-bond acceptors (Lipinski definition) is 7. The van der Waals surface area contributed by atoms with Crippen LogP contribution in [0.2, 0.25) is 0 Å². The zero-order valence-electron chi connectivity index (χ0n) is 20.4. The third kappa shape index (κ3) is 5.60. The predicted molar refractivity (Wildman–Crippen MR) is 140 cm³/mol. The first kappa shape index (κ1) is 24.2. The Morgan fingerprint density at radius 3 is 2.26 bits per heavy atom. The summed E-state index contributed by atoms with van der Waals surface area (Å²) in [6, 6.07) is 18.4. The van der Waals surface area contributed by atoms with Gasteiger partial charge in [0.15, 0.2) is 0 Å². The number of carbonyl (C=O) groups is 1. The highest BCUT2D eigenvalue weighted by Gasteiger charge is 2.26. The zero-order chi connectivity index (χ0) is 24.9. The fourth-order valence-corrected chi connectivity index (χ4v) is 4.86. The number of carbonyl (C=O) groups excluding carboxylic acids is 1. The molecule has 0 bridgehead atoms. The van der Waals surface area contributed by atoms with Gasteiger partial charge >= 0.3 is 0 Å². The maximum Gasteiger partial charge on any atom is 0.256 e. The molecule has 0 aliphatic heterocycles. The van der Waals surface area contributed by atoms with Gasteiger partial charge < -0.3 is 20.1 Å². The molecule has 2 aromatic carbocycles. The number of aryl methyl sites for hydroxylation is 3. The van der Waals surface area contributed by atoms with Crippen LogP contribution in [0, 0.1) is 20.8 Å². The van der Waals surface area contributed by atoms with Crippen LogP contribution >= 0.6 is 11.3 Å². The van der Waals surface area contributed by atoms with Crippen LogP contribution in [0.15, 0.2) is 60.7 Å². The molecular formula is C27H28N4O3S. The predicted octanol–water partition coefficient (Wildman–Crippen LogP) is 5.93. The van der Waals surface area contributed by atoms with Crippen LogP contribution in [0.5, 0.6) is 11.5 Å². The number of nitrogens with one attached hydrogen (secondary N) is 2. The van der Waals surface area contributed by atoms with Crippen molar-refractivity contribution in [3.05, 3.63) is 93.6 Å². The number of rotatable bonds is 8. The number of methoxy groups -OCH3 is 2. The summed E-state index contributed by atoms with van der Waals surface area (Å²) >= 11 is 1.52. The first-order chi connectivity index (χ1) is 16.9. The first-order valence-corrected chi connectivity index (χ1v) is 12.0. The molecule has 7 nitrogen and oxygen atoms in total. The Kier molecular flexibility index (Phi) is 7.31. The molecule has 0 fully saturated rings. The SMILES string of the molecule is COc1ccc([C@H](Nc2nc(C)cc(C)n2)c2cc(C)sc2NC(=O)c2ccccc2)c(OC)c1. The molecule has 2 N–H and O–H groups in total. The van der Waals surface area contributed by atoms with E-state index in [4.69, 9.17) is 9.47 Å².